The Bertz CT molecular complexity index is 53.5. The molecule has 0 aromatic carbocycles. The molecular weight excluding hydrogens is 295 g/mol. The molecule has 0 spiro atoms. The fourth-order valence-corrected chi connectivity index (χ4v) is 0.235. The van der Waals surface area contributed by atoms with Gasteiger partial charge in [-0.2, -0.15) is 0 Å². The fourth-order valence-electron chi connectivity index (χ4n) is 0.235. The quantitative estimate of drug-likeness (QED) is 0.416. The number of ether oxygens (including phenoxy) is 1. The van der Waals surface area contributed by atoms with E-state index in [1.807, 2.05) is 0 Å². The minimum atomic E-state index is 0. The van der Waals surface area contributed by atoms with E-state index < -0.39 is 0 Å². The van der Waals surface area contributed by atoms with Crippen molar-refractivity contribution >= 4 is 27.3 Å². The SMILES string of the molecule is C=CCOCC=C.[PbH2]. The molecule has 0 aromatic heterocycles. The van der Waals surface area contributed by atoms with E-state index in [9.17, 15) is 0 Å². The van der Waals surface area contributed by atoms with Crippen molar-refractivity contribution in [3.05, 3.63) is 25.3 Å². The van der Waals surface area contributed by atoms with Gasteiger partial charge in [0.1, 0.15) is 0 Å². The maximum absolute atomic E-state index is 4.90. The van der Waals surface area contributed by atoms with E-state index in [1.54, 1.807) is 12.2 Å². The molecule has 0 aromatic rings. The first kappa shape index (κ1) is 11.2. The van der Waals surface area contributed by atoms with Crippen molar-refractivity contribution in [1.82, 2.24) is 0 Å². The fraction of sp³-hybridized carbons (Fsp3) is 0.333. The summed E-state index contributed by atoms with van der Waals surface area (Å²) in [5.74, 6) is 0. The average molecular weight is 307 g/mol. The molecule has 2 heteroatoms. The zero-order valence-electron chi connectivity index (χ0n) is 5.10. The van der Waals surface area contributed by atoms with Crippen LogP contribution in [0, 0.1) is 0 Å². The molecule has 0 fully saturated rings. The summed E-state index contributed by atoms with van der Waals surface area (Å²) in [6, 6.07) is 0. The van der Waals surface area contributed by atoms with Crippen LogP contribution in [0.5, 0.6) is 0 Å². The molecule has 0 saturated heterocycles. The monoisotopic (exact) mass is 308 g/mol. The van der Waals surface area contributed by atoms with Crippen molar-refractivity contribution in [3.8, 4) is 0 Å². The molecule has 0 bridgehead atoms. The molecule has 0 heterocycles. The van der Waals surface area contributed by atoms with Crippen molar-refractivity contribution in [2.24, 2.45) is 0 Å². The third-order valence-electron chi connectivity index (χ3n) is 0.471. The van der Waals surface area contributed by atoms with E-state index in [2.05, 4.69) is 13.2 Å². The van der Waals surface area contributed by atoms with Gasteiger partial charge < -0.3 is 4.74 Å². The molecule has 1 nitrogen and oxygen atoms in total. The summed E-state index contributed by atoms with van der Waals surface area (Å²) in [5.41, 5.74) is 0. The third kappa shape index (κ3) is 9.61. The van der Waals surface area contributed by atoms with Gasteiger partial charge in [0.25, 0.3) is 0 Å². The topological polar surface area (TPSA) is 9.23 Å². The van der Waals surface area contributed by atoms with Crippen molar-refractivity contribution in [2.45, 2.75) is 0 Å². The number of hydrogen-bond acceptors (Lipinski definition) is 1. The Morgan fingerprint density at radius 3 is 1.75 bits per heavy atom. The van der Waals surface area contributed by atoms with Crippen LogP contribution < -0.4 is 0 Å². The average Bonchev–Trinajstić information content (AvgIpc) is 1.69. The summed E-state index contributed by atoms with van der Waals surface area (Å²) >= 11 is 0. The van der Waals surface area contributed by atoms with E-state index in [0.717, 1.165) is 0 Å². The molecule has 46 valence electrons. The Hall–Kier alpha value is 0.362. The molecule has 0 saturated carbocycles. The molecular formula is C6H12OPb. The van der Waals surface area contributed by atoms with E-state index in [0.29, 0.717) is 13.2 Å². The van der Waals surface area contributed by atoms with Gasteiger partial charge in [0.05, 0.1) is 13.2 Å². The van der Waals surface area contributed by atoms with E-state index >= 15 is 0 Å². The van der Waals surface area contributed by atoms with Gasteiger partial charge in [0.2, 0.25) is 0 Å². The Labute approximate surface area is 70.6 Å². The van der Waals surface area contributed by atoms with Crippen molar-refractivity contribution in [3.63, 3.8) is 0 Å². The van der Waals surface area contributed by atoms with Gasteiger partial charge in [-0.05, 0) is 0 Å². The van der Waals surface area contributed by atoms with Crippen LogP contribution >= 0.6 is 0 Å². The summed E-state index contributed by atoms with van der Waals surface area (Å²) in [5, 5.41) is 0. The van der Waals surface area contributed by atoms with Crippen LogP contribution in [0.4, 0.5) is 0 Å². The number of hydrogen-bond donors (Lipinski definition) is 0. The second-order valence-electron chi connectivity index (χ2n) is 1.11. The normalized spacial score (nSPS) is 7.00. The molecule has 0 rings (SSSR count). The molecule has 0 aliphatic rings. The van der Waals surface area contributed by atoms with Crippen LogP contribution in [-0.2, 0) is 4.74 Å². The third-order valence-corrected chi connectivity index (χ3v) is 0.471. The Kier molecular flexibility index (Phi) is 14.5. The van der Waals surface area contributed by atoms with Crippen molar-refractivity contribution in [2.75, 3.05) is 13.2 Å². The van der Waals surface area contributed by atoms with Gasteiger partial charge in [-0.15, -0.1) is 13.2 Å². The van der Waals surface area contributed by atoms with Crippen LogP contribution in [0.2, 0.25) is 0 Å². The van der Waals surface area contributed by atoms with E-state index in [-0.39, 0.29) is 27.3 Å². The van der Waals surface area contributed by atoms with Crippen LogP contribution in [0.1, 0.15) is 0 Å². The molecule has 0 aliphatic carbocycles. The van der Waals surface area contributed by atoms with Gasteiger partial charge in [-0.1, -0.05) is 12.2 Å². The molecule has 0 amide bonds. The Morgan fingerprint density at radius 1 is 1.12 bits per heavy atom. The predicted molar refractivity (Wildman–Crippen MR) is 39.8 cm³/mol. The van der Waals surface area contributed by atoms with Gasteiger partial charge in [-0.3, -0.25) is 0 Å². The minimum absolute atomic E-state index is 0. The van der Waals surface area contributed by atoms with Crippen LogP contribution in [0.15, 0.2) is 25.3 Å². The summed E-state index contributed by atoms with van der Waals surface area (Å²) in [6.45, 7) is 8.18. The molecule has 0 N–H and O–H groups in total. The summed E-state index contributed by atoms with van der Waals surface area (Å²) in [7, 11) is 0. The second kappa shape index (κ2) is 10.4. The molecule has 0 atom stereocenters. The number of rotatable bonds is 4. The molecule has 0 unspecified atom stereocenters. The second-order valence-corrected chi connectivity index (χ2v) is 1.11. The predicted octanol–water partition coefficient (Wildman–Crippen LogP) is 0.459. The zero-order chi connectivity index (χ0) is 5.54. The molecule has 8 heavy (non-hydrogen) atoms. The zero-order valence-corrected chi connectivity index (χ0v) is 10.6. The van der Waals surface area contributed by atoms with Crippen molar-refractivity contribution < 1.29 is 4.74 Å². The first-order chi connectivity index (χ1) is 3.41. The first-order valence-corrected chi connectivity index (χ1v) is 2.21. The van der Waals surface area contributed by atoms with Crippen LogP contribution in [0.25, 0.3) is 0 Å². The van der Waals surface area contributed by atoms with E-state index in [1.165, 1.54) is 0 Å². The Morgan fingerprint density at radius 2 is 1.50 bits per heavy atom. The summed E-state index contributed by atoms with van der Waals surface area (Å²) in [6.07, 6.45) is 3.42. The van der Waals surface area contributed by atoms with Crippen LogP contribution in [0.3, 0.4) is 0 Å². The standard InChI is InChI=1S/C6H10O.Pb.2H/c1-3-5-7-6-4-2;;;/h3-4H,1-2,5-6H2;;;. The maximum atomic E-state index is 4.90. The molecule has 2 radical (unpaired) electrons. The van der Waals surface area contributed by atoms with Gasteiger partial charge in [0, 0.05) is 0 Å². The van der Waals surface area contributed by atoms with E-state index in [4.69, 9.17) is 4.74 Å². The summed E-state index contributed by atoms with van der Waals surface area (Å²) in [4.78, 5) is 0. The van der Waals surface area contributed by atoms with Crippen LogP contribution in [-0.4, -0.2) is 40.5 Å². The van der Waals surface area contributed by atoms with Gasteiger partial charge >= 0.3 is 27.3 Å². The Balaban J connectivity index is 0. The van der Waals surface area contributed by atoms with Gasteiger partial charge in [-0.25, -0.2) is 0 Å². The summed E-state index contributed by atoms with van der Waals surface area (Å²) < 4.78 is 4.90. The molecule has 0 aliphatic heterocycles. The van der Waals surface area contributed by atoms with Gasteiger partial charge in [0.15, 0.2) is 0 Å². The first-order valence-electron chi connectivity index (χ1n) is 2.21. The van der Waals surface area contributed by atoms with Crippen molar-refractivity contribution in [1.29, 1.82) is 0 Å².